The Labute approximate surface area is 72.7 Å². The molecule has 0 aromatic carbocycles. The fraction of sp³-hybridized carbons (Fsp3) is 0.889. The van der Waals surface area contributed by atoms with Crippen LogP contribution in [0.15, 0.2) is 0 Å². The molecule has 0 radical (unpaired) electrons. The van der Waals surface area contributed by atoms with Gasteiger partial charge in [0.25, 0.3) is 0 Å². The van der Waals surface area contributed by atoms with Crippen LogP contribution in [0.5, 0.6) is 0 Å². The van der Waals surface area contributed by atoms with Crippen molar-refractivity contribution in [1.29, 1.82) is 0 Å². The first-order valence-corrected chi connectivity index (χ1v) is 4.54. The van der Waals surface area contributed by atoms with E-state index in [1.165, 1.54) is 12.8 Å². The number of carboxylic acid groups (broad SMARTS) is 1. The van der Waals surface area contributed by atoms with Gasteiger partial charge in [-0.25, -0.2) is 4.79 Å². The molecule has 1 fully saturated rings. The SMILES string of the molecule is CC1CCC(COC(=O)O)CC1. The van der Waals surface area contributed by atoms with Gasteiger partial charge < -0.3 is 9.84 Å². The van der Waals surface area contributed by atoms with Crippen molar-refractivity contribution < 1.29 is 14.6 Å². The van der Waals surface area contributed by atoms with Crippen LogP contribution in [-0.4, -0.2) is 17.9 Å². The number of hydrogen-bond acceptors (Lipinski definition) is 2. The first-order valence-electron chi connectivity index (χ1n) is 4.54. The van der Waals surface area contributed by atoms with Crippen LogP contribution < -0.4 is 0 Å². The van der Waals surface area contributed by atoms with E-state index in [2.05, 4.69) is 11.7 Å². The van der Waals surface area contributed by atoms with Gasteiger partial charge in [0.1, 0.15) is 0 Å². The molecular weight excluding hydrogens is 156 g/mol. The molecule has 70 valence electrons. The van der Waals surface area contributed by atoms with E-state index in [0.717, 1.165) is 18.8 Å². The minimum absolute atomic E-state index is 0.391. The van der Waals surface area contributed by atoms with Gasteiger partial charge in [0.15, 0.2) is 0 Å². The van der Waals surface area contributed by atoms with E-state index >= 15 is 0 Å². The summed E-state index contributed by atoms with van der Waals surface area (Å²) >= 11 is 0. The summed E-state index contributed by atoms with van der Waals surface area (Å²) in [5.74, 6) is 1.28. The summed E-state index contributed by atoms with van der Waals surface area (Å²) in [6.45, 7) is 2.64. The van der Waals surface area contributed by atoms with Crippen molar-refractivity contribution in [3.8, 4) is 0 Å². The molecule has 1 saturated carbocycles. The fourth-order valence-corrected chi connectivity index (χ4v) is 1.68. The van der Waals surface area contributed by atoms with Crippen molar-refractivity contribution >= 4 is 6.16 Å². The van der Waals surface area contributed by atoms with Gasteiger partial charge in [-0.05, 0) is 24.7 Å². The van der Waals surface area contributed by atoms with Crippen LogP contribution in [0.4, 0.5) is 4.79 Å². The Hall–Kier alpha value is -0.730. The number of ether oxygens (including phenoxy) is 1. The Balaban J connectivity index is 2.13. The maximum Gasteiger partial charge on any atom is 0.505 e. The molecule has 1 N–H and O–H groups in total. The minimum Gasteiger partial charge on any atom is -0.450 e. The molecule has 0 aromatic rings. The zero-order valence-corrected chi connectivity index (χ0v) is 7.45. The first-order chi connectivity index (χ1) is 5.68. The Morgan fingerprint density at radius 1 is 1.42 bits per heavy atom. The Morgan fingerprint density at radius 3 is 2.50 bits per heavy atom. The van der Waals surface area contributed by atoms with Gasteiger partial charge in [0.05, 0.1) is 6.61 Å². The second-order valence-corrected chi connectivity index (χ2v) is 3.70. The molecule has 1 rings (SSSR count). The van der Waals surface area contributed by atoms with Crippen molar-refractivity contribution in [2.24, 2.45) is 11.8 Å². The average molecular weight is 172 g/mol. The predicted molar refractivity (Wildman–Crippen MR) is 45.1 cm³/mol. The highest BCUT2D eigenvalue weighted by molar-refractivity contribution is 5.56. The number of carbonyl (C=O) groups is 1. The summed E-state index contributed by atoms with van der Waals surface area (Å²) in [4.78, 5) is 10.1. The van der Waals surface area contributed by atoms with Crippen molar-refractivity contribution in [3.63, 3.8) is 0 Å². The average Bonchev–Trinajstić information content (AvgIpc) is 2.03. The Kier molecular flexibility index (Phi) is 3.38. The van der Waals surface area contributed by atoms with Crippen LogP contribution >= 0.6 is 0 Å². The lowest BCUT2D eigenvalue weighted by molar-refractivity contribution is 0.0673. The normalized spacial score (nSPS) is 29.8. The lowest BCUT2D eigenvalue weighted by Crippen LogP contribution is -2.18. The highest BCUT2D eigenvalue weighted by Crippen LogP contribution is 2.28. The first kappa shape index (κ1) is 9.36. The third kappa shape index (κ3) is 3.11. The predicted octanol–water partition coefficient (Wildman–Crippen LogP) is 2.51. The smallest absolute Gasteiger partial charge is 0.450 e. The summed E-state index contributed by atoms with van der Waals surface area (Å²) in [6.07, 6.45) is 3.53. The van der Waals surface area contributed by atoms with E-state index in [1.807, 2.05) is 0 Å². The summed E-state index contributed by atoms with van der Waals surface area (Å²) in [5, 5.41) is 8.27. The monoisotopic (exact) mass is 172 g/mol. The standard InChI is InChI=1S/C9H16O3/c1-7-2-4-8(5-3-7)6-12-9(10)11/h7-8H,2-6H2,1H3,(H,10,11). The molecule has 0 spiro atoms. The molecule has 0 heterocycles. The molecule has 12 heavy (non-hydrogen) atoms. The summed E-state index contributed by atoms with van der Waals surface area (Å²) in [5.41, 5.74) is 0. The zero-order chi connectivity index (χ0) is 8.97. The van der Waals surface area contributed by atoms with Crippen molar-refractivity contribution in [1.82, 2.24) is 0 Å². The van der Waals surface area contributed by atoms with Crippen LogP contribution in [0.25, 0.3) is 0 Å². The minimum atomic E-state index is -1.14. The molecule has 1 aliphatic rings. The van der Waals surface area contributed by atoms with E-state index < -0.39 is 6.16 Å². The number of hydrogen-bond donors (Lipinski definition) is 1. The lowest BCUT2D eigenvalue weighted by atomic mass is 9.83. The molecule has 1 aliphatic carbocycles. The van der Waals surface area contributed by atoms with Gasteiger partial charge in [-0.1, -0.05) is 19.8 Å². The molecule has 0 aliphatic heterocycles. The van der Waals surface area contributed by atoms with Gasteiger partial charge >= 0.3 is 6.16 Å². The third-order valence-corrected chi connectivity index (χ3v) is 2.58. The highest BCUT2D eigenvalue weighted by Gasteiger charge is 2.19. The fourth-order valence-electron chi connectivity index (χ4n) is 1.68. The van der Waals surface area contributed by atoms with Gasteiger partial charge in [0, 0.05) is 0 Å². The van der Waals surface area contributed by atoms with E-state index in [9.17, 15) is 4.79 Å². The van der Waals surface area contributed by atoms with Gasteiger partial charge in [0.2, 0.25) is 0 Å². The maximum atomic E-state index is 10.1. The summed E-state index contributed by atoms with van der Waals surface area (Å²) in [7, 11) is 0. The Morgan fingerprint density at radius 2 is 2.00 bits per heavy atom. The van der Waals surface area contributed by atoms with Crippen LogP contribution in [0, 0.1) is 11.8 Å². The van der Waals surface area contributed by atoms with Crippen molar-refractivity contribution in [3.05, 3.63) is 0 Å². The highest BCUT2D eigenvalue weighted by atomic mass is 16.7. The van der Waals surface area contributed by atoms with Crippen LogP contribution in [0.3, 0.4) is 0 Å². The van der Waals surface area contributed by atoms with Crippen molar-refractivity contribution in [2.75, 3.05) is 6.61 Å². The molecule has 3 heteroatoms. The topological polar surface area (TPSA) is 46.5 Å². The quantitative estimate of drug-likeness (QED) is 0.651. The van der Waals surface area contributed by atoms with Gasteiger partial charge in [-0.15, -0.1) is 0 Å². The number of rotatable bonds is 2. The molecule has 0 unspecified atom stereocenters. The van der Waals surface area contributed by atoms with E-state index in [1.54, 1.807) is 0 Å². The third-order valence-electron chi connectivity index (χ3n) is 2.58. The largest absolute Gasteiger partial charge is 0.505 e. The second kappa shape index (κ2) is 4.33. The molecule has 0 bridgehead atoms. The van der Waals surface area contributed by atoms with Gasteiger partial charge in [-0.2, -0.15) is 0 Å². The van der Waals surface area contributed by atoms with Crippen LogP contribution in [0.2, 0.25) is 0 Å². The summed E-state index contributed by atoms with van der Waals surface area (Å²) < 4.78 is 4.53. The molecule has 0 aromatic heterocycles. The van der Waals surface area contributed by atoms with E-state index in [0.29, 0.717) is 12.5 Å². The van der Waals surface area contributed by atoms with Crippen LogP contribution in [0.1, 0.15) is 32.6 Å². The molecule has 0 saturated heterocycles. The molecule has 0 amide bonds. The van der Waals surface area contributed by atoms with Gasteiger partial charge in [-0.3, -0.25) is 0 Å². The van der Waals surface area contributed by atoms with E-state index in [4.69, 9.17) is 5.11 Å². The maximum absolute atomic E-state index is 10.1. The Bertz CT molecular complexity index is 148. The lowest BCUT2D eigenvalue weighted by Gasteiger charge is -2.25. The second-order valence-electron chi connectivity index (χ2n) is 3.70. The van der Waals surface area contributed by atoms with Crippen LogP contribution in [-0.2, 0) is 4.74 Å². The molecule has 0 atom stereocenters. The van der Waals surface area contributed by atoms with E-state index in [-0.39, 0.29) is 0 Å². The zero-order valence-electron chi connectivity index (χ0n) is 7.45. The summed E-state index contributed by atoms with van der Waals surface area (Å²) in [6, 6.07) is 0. The molecule has 3 nitrogen and oxygen atoms in total. The molecular formula is C9H16O3. The van der Waals surface area contributed by atoms with Crippen molar-refractivity contribution in [2.45, 2.75) is 32.6 Å².